The van der Waals surface area contributed by atoms with Gasteiger partial charge < -0.3 is 0 Å². The third-order valence-corrected chi connectivity index (χ3v) is 3.58. The summed E-state index contributed by atoms with van der Waals surface area (Å²) in [5.41, 5.74) is 0.690. The molecule has 0 saturated carbocycles. The number of nitrogens with one attached hydrogen (secondary N) is 1. The number of aryl methyl sites for hydroxylation is 1. The van der Waals surface area contributed by atoms with Gasteiger partial charge >= 0.3 is 0 Å². The summed E-state index contributed by atoms with van der Waals surface area (Å²) >= 11 is 5.82. The van der Waals surface area contributed by atoms with Gasteiger partial charge in [-0.1, -0.05) is 23.7 Å². The van der Waals surface area contributed by atoms with Gasteiger partial charge in [-0.3, -0.25) is 4.68 Å². The molecule has 1 heterocycles. The number of sulfonamides is 1. The van der Waals surface area contributed by atoms with E-state index < -0.39 is 10.0 Å². The topological polar surface area (TPSA) is 76.9 Å². The summed E-state index contributed by atoms with van der Waals surface area (Å²) in [7, 11) is -3.65. The van der Waals surface area contributed by atoms with Gasteiger partial charge in [-0.25, -0.2) is 13.1 Å². The molecule has 0 bridgehead atoms. The molecule has 0 saturated heterocycles. The minimum absolute atomic E-state index is 0.0441. The average Bonchev–Trinajstić information content (AvgIpc) is 2.83. The van der Waals surface area contributed by atoms with Crippen LogP contribution >= 0.6 is 11.6 Å². The molecule has 0 radical (unpaired) electrons. The molecular weight excluding hydrogens is 300 g/mol. The van der Waals surface area contributed by atoms with Crippen LogP contribution in [0.2, 0.25) is 5.02 Å². The number of halogens is 1. The highest BCUT2D eigenvalue weighted by Crippen LogP contribution is 2.13. The Balaban J connectivity index is 2.11. The van der Waals surface area contributed by atoms with Gasteiger partial charge in [-0.2, -0.15) is 4.98 Å². The molecule has 1 N–H and O–H groups in total. The van der Waals surface area contributed by atoms with Crippen LogP contribution in [-0.4, -0.2) is 23.2 Å². The van der Waals surface area contributed by atoms with E-state index >= 15 is 0 Å². The van der Waals surface area contributed by atoms with Crippen LogP contribution in [0.25, 0.3) is 6.08 Å². The van der Waals surface area contributed by atoms with E-state index in [1.54, 1.807) is 24.3 Å². The number of rotatable bonds is 5. The first kappa shape index (κ1) is 14.5. The van der Waals surface area contributed by atoms with Crippen molar-refractivity contribution in [3.8, 4) is 0 Å². The second kappa shape index (κ2) is 6.06. The first-order valence-corrected chi connectivity index (χ1v) is 7.77. The van der Waals surface area contributed by atoms with Crippen molar-refractivity contribution in [2.24, 2.45) is 0 Å². The molecule has 0 amide bonds. The molecule has 0 aliphatic heterocycles. The first-order valence-electron chi connectivity index (χ1n) is 5.84. The van der Waals surface area contributed by atoms with Gasteiger partial charge in [-0.05, 0) is 30.7 Å². The van der Waals surface area contributed by atoms with E-state index in [0.29, 0.717) is 17.1 Å². The van der Waals surface area contributed by atoms with E-state index in [0.717, 1.165) is 5.41 Å². The van der Waals surface area contributed by atoms with Crippen molar-refractivity contribution in [2.75, 3.05) is 4.72 Å². The van der Waals surface area contributed by atoms with Gasteiger partial charge in [0.05, 0.1) is 5.41 Å². The highest BCUT2D eigenvalue weighted by atomic mass is 35.5. The molecule has 0 aliphatic carbocycles. The predicted octanol–water partition coefficient (Wildman–Crippen LogP) is 2.36. The minimum atomic E-state index is -3.65. The fourth-order valence-electron chi connectivity index (χ4n) is 1.43. The van der Waals surface area contributed by atoms with E-state index in [2.05, 4.69) is 14.8 Å². The lowest BCUT2D eigenvalue weighted by Gasteiger charge is -1.99. The van der Waals surface area contributed by atoms with Gasteiger partial charge in [0.15, 0.2) is 0 Å². The lowest BCUT2D eigenvalue weighted by Crippen LogP contribution is -2.10. The monoisotopic (exact) mass is 312 g/mol. The van der Waals surface area contributed by atoms with Crippen molar-refractivity contribution in [1.82, 2.24) is 14.8 Å². The molecule has 1 aromatic heterocycles. The van der Waals surface area contributed by atoms with E-state index in [4.69, 9.17) is 11.6 Å². The van der Waals surface area contributed by atoms with Gasteiger partial charge in [0, 0.05) is 11.6 Å². The maximum absolute atomic E-state index is 11.8. The van der Waals surface area contributed by atoms with Crippen molar-refractivity contribution >= 4 is 33.6 Å². The maximum Gasteiger partial charge on any atom is 0.257 e. The average molecular weight is 313 g/mol. The highest BCUT2D eigenvalue weighted by Gasteiger charge is 2.09. The summed E-state index contributed by atoms with van der Waals surface area (Å²) in [5, 5.41) is 5.53. The lowest BCUT2D eigenvalue weighted by atomic mass is 10.2. The Kier molecular flexibility index (Phi) is 4.41. The number of nitrogens with zero attached hydrogens (tertiary/aromatic N) is 3. The lowest BCUT2D eigenvalue weighted by molar-refractivity contribution is 0.608. The molecular formula is C12H13ClN4O2S. The molecule has 106 valence electrons. The summed E-state index contributed by atoms with van der Waals surface area (Å²) in [6.07, 6.45) is 2.91. The fraction of sp³-hybridized carbons (Fsp3) is 0.167. The standard InChI is InChI=1S/C12H13ClN4O2S/c1-2-17-9-14-12(15-17)16-20(18,19)7-6-10-4-3-5-11(13)8-10/h3-9H,2H2,1H3,(H,15,16)/b7-6+. The van der Waals surface area contributed by atoms with Crippen LogP contribution in [-0.2, 0) is 16.6 Å². The Labute approximate surface area is 122 Å². The van der Waals surface area contributed by atoms with Crippen molar-refractivity contribution in [1.29, 1.82) is 0 Å². The summed E-state index contributed by atoms with van der Waals surface area (Å²) in [5.74, 6) is 0.0441. The normalized spacial score (nSPS) is 11.9. The summed E-state index contributed by atoms with van der Waals surface area (Å²) in [6.45, 7) is 2.50. The van der Waals surface area contributed by atoms with E-state index in [1.807, 2.05) is 6.92 Å². The molecule has 2 rings (SSSR count). The Morgan fingerprint density at radius 1 is 1.45 bits per heavy atom. The van der Waals surface area contributed by atoms with Crippen LogP contribution in [0, 0.1) is 0 Å². The number of hydrogen-bond acceptors (Lipinski definition) is 4. The number of aromatic nitrogens is 3. The van der Waals surface area contributed by atoms with Crippen molar-refractivity contribution in [3.05, 3.63) is 46.6 Å². The van der Waals surface area contributed by atoms with Gasteiger partial charge in [0.25, 0.3) is 16.0 Å². The van der Waals surface area contributed by atoms with Gasteiger partial charge in [-0.15, -0.1) is 5.10 Å². The quantitative estimate of drug-likeness (QED) is 0.919. The van der Waals surface area contributed by atoms with Crippen LogP contribution in [0.15, 0.2) is 36.0 Å². The second-order valence-electron chi connectivity index (χ2n) is 3.93. The van der Waals surface area contributed by atoms with Crippen molar-refractivity contribution in [2.45, 2.75) is 13.5 Å². The maximum atomic E-state index is 11.8. The third-order valence-electron chi connectivity index (χ3n) is 2.38. The summed E-state index contributed by atoms with van der Waals surface area (Å²) in [4.78, 5) is 3.85. The molecule has 6 nitrogen and oxygen atoms in total. The third kappa shape index (κ3) is 4.07. The van der Waals surface area contributed by atoms with Crippen LogP contribution in [0.3, 0.4) is 0 Å². The zero-order valence-corrected chi connectivity index (χ0v) is 12.3. The molecule has 20 heavy (non-hydrogen) atoms. The number of hydrogen-bond donors (Lipinski definition) is 1. The Morgan fingerprint density at radius 3 is 2.90 bits per heavy atom. The first-order chi connectivity index (χ1) is 9.48. The molecule has 8 heteroatoms. The van der Waals surface area contributed by atoms with Crippen LogP contribution in [0.5, 0.6) is 0 Å². The van der Waals surface area contributed by atoms with Crippen molar-refractivity contribution < 1.29 is 8.42 Å². The molecule has 0 atom stereocenters. The number of benzene rings is 1. The molecule has 0 aliphatic rings. The minimum Gasteiger partial charge on any atom is -0.251 e. The Bertz CT molecular complexity index is 725. The van der Waals surface area contributed by atoms with Crippen molar-refractivity contribution in [3.63, 3.8) is 0 Å². The number of anilines is 1. The second-order valence-corrected chi connectivity index (χ2v) is 5.93. The molecule has 2 aromatic rings. The summed E-state index contributed by atoms with van der Waals surface area (Å²) in [6, 6.07) is 6.87. The van der Waals surface area contributed by atoms with E-state index in [9.17, 15) is 8.42 Å². The molecule has 1 aromatic carbocycles. The smallest absolute Gasteiger partial charge is 0.251 e. The van der Waals surface area contributed by atoms with Gasteiger partial charge in [0.1, 0.15) is 6.33 Å². The zero-order valence-electron chi connectivity index (χ0n) is 10.7. The van der Waals surface area contributed by atoms with Crippen LogP contribution in [0.1, 0.15) is 12.5 Å². The molecule has 0 fully saturated rings. The Morgan fingerprint density at radius 2 is 2.25 bits per heavy atom. The van der Waals surface area contributed by atoms with Crippen LogP contribution < -0.4 is 4.72 Å². The van der Waals surface area contributed by atoms with E-state index in [-0.39, 0.29) is 5.95 Å². The van der Waals surface area contributed by atoms with Crippen LogP contribution in [0.4, 0.5) is 5.95 Å². The Hall–Kier alpha value is -1.86. The van der Waals surface area contributed by atoms with Gasteiger partial charge in [0.2, 0.25) is 0 Å². The zero-order chi connectivity index (χ0) is 14.6. The summed E-state index contributed by atoms with van der Waals surface area (Å²) < 4.78 is 27.5. The predicted molar refractivity (Wildman–Crippen MR) is 78.7 cm³/mol. The molecule has 0 spiro atoms. The van der Waals surface area contributed by atoms with E-state index in [1.165, 1.54) is 17.1 Å². The highest BCUT2D eigenvalue weighted by molar-refractivity contribution is 7.95. The largest absolute Gasteiger partial charge is 0.257 e. The SMILES string of the molecule is CCn1cnc(NS(=O)(=O)/C=C/c2cccc(Cl)c2)n1. The molecule has 0 unspecified atom stereocenters. The fourth-order valence-corrected chi connectivity index (χ4v) is 2.38.